The van der Waals surface area contributed by atoms with Crippen LogP contribution in [0.25, 0.3) is 6.08 Å². The fraction of sp³-hybridized carbons (Fsp3) is 0.190. The van der Waals surface area contributed by atoms with Crippen LogP contribution in [0.15, 0.2) is 41.3 Å². The molecule has 0 aliphatic carbocycles. The number of esters is 1. The predicted molar refractivity (Wildman–Crippen MR) is 122 cm³/mol. The number of amides is 1. The van der Waals surface area contributed by atoms with Gasteiger partial charge in [0.25, 0.3) is 5.91 Å². The van der Waals surface area contributed by atoms with Gasteiger partial charge >= 0.3 is 5.97 Å². The van der Waals surface area contributed by atoms with Crippen LogP contribution in [0.4, 0.5) is 10.1 Å². The molecule has 2 aromatic rings. The molecule has 3 rings (SSSR count). The summed E-state index contributed by atoms with van der Waals surface area (Å²) in [5, 5.41) is 0.190. The Morgan fingerprint density at radius 2 is 2.10 bits per heavy atom. The summed E-state index contributed by atoms with van der Waals surface area (Å²) in [5.41, 5.74) is 0.911. The number of benzene rings is 2. The smallest absolute Gasteiger partial charge is 0.344 e. The standard InChI is InChI=1S/C21H17ClFNO5S2/c1-3-28-18(25)11-29-19-15(22)7-12(8-16(19)27-2)9-17-20(26)24(21(30)31-17)14-6-4-5-13(23)10-14/h4-10H,3,11H2,1-2H3/b17-9+. The van der Waals surface area contributed by atoms with Gasteiger partial charge in [-0.2, -0.15) is 0 Å². The van der Waals surface area contributed by atoms with Crippen molar-refractivity contribution in [3.8, 4) is 11.5 Å². The van der Waals surface area contributed by atoms with Crippen LogP contribution in [-0.2, 0) is 14.3 Å². The molecule has 31 heavy (non-hydrogen) atoms. The van der Waals surface area contributed by atoms with E-state index in [0.717, 1.165) is 11.8 Å². The average molecular weight is 482 g/mol. The van der Waals surface area contributed by atoms with E-state index in [1.807, 2.05) is 0 Å². The van der Waals surface area contributed by atoms with Crippen molar-refractivity contribution < 1.29 is 28.2 Å². The first kappa shape index (κ1) is 23.1. The van der Waals surface area contributed by atoms with Crippen LogP contribution in [0.2, 0.25) is 5.02 Å². The van der Waals surface area contributed by atoms with Gasteiger partial charge in [-0.15, -0.1) is 0 Å². The first-order valence-corrected chi connectivity index (χ1v) is 10.6. The number of thiocarbonyl (C=S) groups is 1. The van der Waals surface area contributed by atoms with E-state index in [9.17, 15) is 14.0 Å². The Labute approximate surface area is 192 Å². The molecule has 10 heteroatoms. The van der Waals surface area contributed by atoms with Crippen molar-refractivity contribution in [1.29, 1.82) is 0 Å². The van der Waals surface area contributed by atoms with E-state index in [0.29, 0.717) is 16.2 Å². The minimum atomic E-state index is -0.536. The number of rotatable bonds is 7. The maximum atomic E-state index is 13.6. The summed E-state index contributed by atoms with van der Waals surface area (Å²) in [6.45, 7) is 1.60. The van der Waals surface area contributed by atoms with Crippen molar-refractivity contribution in [3.05, 3.63) is 57.7 Å². The fourth-order valence-corrected chi connectivity index (χ4v) is 4.33. The molecule has 0 saturated carbocycles. The Morgan fingerprint density at radius 3 is 2.77 bits per heavy atom. The molecule has 0 bridgehead atoms. The van der Waals surface area contributed by atoms with Gasteiger partial charge in [0.05, 0.1) is 29.3 Å². The van der Waals surface area contributed by atoms with E-state index in [4.69, 9.17) is 38.0 Å². The Bertz CT molecular complexity index is 1080. The van der Waals surface area contributed by atoms with Crippen LogP contribution in [0.1, 0.15) is 12.5 Å². The van der Waals surface area contributed by atoms with Crippen LogP contribution < -0.4 is 14.4 Å². The third kappa shape index (κ3) is 5.36. The van der Waals surface area contributed by atoms with Crippen molar-refractivity contribution in [2.24, 2.45) is 0 Å². The number of carbonyl (C=O) groups is 2. The second-order valence-corrected chi connectivity index (χ2v) is 8.21. The molecule has 2 aromatic carbocycles. The summed E-state index contributed by atoms with van der Waals surface area (Å²) < 4.78 is 29.4. The van der Waals surface area contributed by atoms with Crippen LogP contribution in [0.3, 0.4) is 0 Å². The maximum absolute atomic E-state index is 13.6. The number of ether oxygens (including phenoxy) is 3. The molecule has 0 spiro atoms. The van der Waals surface area contributed by atoms with E-state index in [1.165, 1.54) is 30.2 Å². The molecule has 1 aliphatic rings. The highest BCUT2D eigenvalue weighted by Gasteiger charge is 2.33. The summed E-state index contributed by atoms with van der Waals surface area (Å²) in [6, 6.07) is 8.82. The third-order valence-electron chi connectivity index (χ3n) is 4.05. The third-order valence-corrected chi connectivity index (χ3v) is 5.63. The number of halogens is 2. The van der Waals surface area contributed by atoms with Gasteiger partial charge in [-0.3, -0.25) is 9.69 Å². The monoisotopic (exact) mass is 481 g/mol. The number of hydrogen-bond donors (Lipinski definition) is 0. The zero-order chi connectivity index (χ0) is 22.5. The van der Waals surface area contributed by atoms with E-state index < -0.39 is 11.8 Å². The lowest BCUT2D eigenvalue weighted by Gasteiger charge is -2.14. The summed E-state index contributed by atoms with van der Waals surface area (Å²) >= 11 is 12.7. The Hall–Kier alpha value is -2.62. The summed E-state index contributed by atoms with van der Waals surface area (Å²) in [4.78, 5) is 26.0. The topological polar surface area (TPSA) is 65.1 Å². The molecular weight excluding hydrogens is 465 g/mol. The maximum Gasteiger partial charge on any atom is 0.344 e. The van der Waals surface area contributed by atoms with E-state index >= 15 is 0 Å². The first-order valence-electron chi connectivity index (χ1n) is 9.03. The number of hydrogen-bond acceptors (Lipinski definition) is 7. The Kier molecular flexibility index (Phi) is 7.53. The summed E-state index contributed by atoms with van der Waals surface area (Å²) in [6.07, 6.45) is 1.60. The van der Waals surface area contributed by atoms with E-state index in [2.05, 4.69) is 0 Å². The van der Waals surface area contributed by atoms with Crippen LogP contribution in [0, 0.1) is 5.82 Å². The second-order valence-electron chi connectivity index (χ2n) is 6.12. The lowest BCUT2D eigenvalue weighted by atomic mass is 10.1. The summed E-state index contributed by atoms with van der Waals surface area (Å²) in [5.74, 6) is -0.917. The van der Waals surface area contributed by atoms with Crippen LogP contribution >= 0.6 is 35.6 Å². The SMILES string of the molecule is CCOC(=O)COc1c(Cl)cc(/C=C2/SC(=S)N(c3cccc(F)c3)C2=O)cc1OC. The van der Waals surface area contributed by atoms with Gasteiger partial charge in [0.15, 0.2) is 22.4 Å². The van der Waals surface area contributed by atoms with Crippen molar-refractivity contribution in [2.75, 3.05) is 25.2 Å². The Morgan fingerprint density at radius 1 is 1.32 bits per heavy atom. The first-order chi connectivity index (χ1) is 14.8. The molecule has 1 amide bonds. The highest BCUT2D eigenvalue weighted by molar-refractivity contribution is 8.27. The minimum absolute atomic E-state index is 0.182. The van der Waals surface area contributed by atoms with Crippen molar-refractivity contribution in [1.82, 2.24) is 0 Å². The van der Waals surface area contributed by atoms with Gasteiger partial charge < -0.3 is 14.2 Å². The number of carbonyl (C=O) groups excluding carboxylic acids is 2. The van der Waals surface area contributed by atoms with Gasteiger partial charge in [-0.25, -0.2) is 9.18 Å². The van der Waals surface area contributed by atoms with Gasteiger partial charge in [-0.05, 0) is 48.9 Å². The van der Waals surface area contributed by atoms with Crippen molar-refractivity contribution in [3.63, 3.8) is 0 Å². The zero-order valence-electron chi connectivity index (χ0n) is 16.5. The molecule has 1 heterocycles. The highest BCUT2D eigenvalue weighted by Crippen LogP contribution is 2.40. The van der Waals surface area contributed by atoms with Gasteiger partial charge in [0.2, 0.25) is 0 Å². The lowest BCUT2D eigenvalue weighted by Crippen LogP contribution is -2.27. The number of methoxy groups -OCH3 is 1. The largest absolute Gasteiger partial charge is 0.493 e. The van der Waals surface area contributed by atoms with Crippen LogP contribution in [-0.4, -0.2) is 36.5 Å². The lowest BCUT2D eigenvalue weighted by molar-refractivity contribution is -0.145. The molecule has 0 atom stereocenters. The van der Waals surface area contributed by atoms with E-state index in [1.54, 1.807) is 31.2 Å². The normalized spacial score (nSPS) is 14.8. The molecule has 0 unspecified atom stereocenters. The number of nitrogens with zero attached hydrogens (tertiary/aromatic N) is 1. The molecular formula is C21H17ClFNO5S2. The summed E-state index contributed by atoms with van der Waals surface area (Å²) in [7, 11) is 1.43. The molecule has 0 N–H and O–H groups in total. The molecule has 6 nitrogen and oxygen atoms in total. The molecule has 0 aromatic heterocycles. The molecule has 162 valence electrons. The Balaban J connectivity index is 1.86. The molecule has 1 saturated heterocycles. The second kappa shape index (κ2) is 10.1. The minimum Gasteiger partial charge on any atom is -0.493 e. The quantitative estimate of drug-likeness (QED) is 0.318. The fourth-order valence-electron chi connectivity index (χ4n) is 2.75. The zero-order valence-corrected chi connectivity index (χ0v) is 18.9. The highest BCUT2D eigenvalue weighted by atomic mass is 35.5. The van der Waals surface area contributed by atoms with Gasteiger partial charge in [0, 0.05) is 0 Å². The number of thioether (sulfide) groups is 1. The molecule has 1 aliphatic heterocycles. The van der Waals surface area contributed by atoms with Gasteiger partial charge in [-0.1, -0.05) is 41.6 Å². The molecule has 1 fully saturated rings. The van der Waals surface area contributed by atoms with Crippen molar-refractivity contribution >= 4 is 63.5 Å². The van der Waals surface area contributed by atoms with Crippen LogP contribution in [0.5, 0.6) is 11.5 Å². The van der Waals surface area contributed by atoms with Gasteiger partial charge in [0.1, 0.15) is 5.82 Å². The molecule has 0 radical (unpaired) electrons. The average Bonchev–Trinajstić information content (AvgIpc) is 3.00. The predicted octanol–water partition coefficient (Wildman–Crippen LogP) is 4.84. The van der Waals surface area contributed by atoms with E-state index in [-0.39, 0.29) is 40.0 Å². The number of anilines is 1. The van der Waals surface area contributed by atoms with Crippen molar-refractivity contribution in [2.45, 2.75) is 6.92 Å².